The maximum absolute atomic E-state index is 14.0. The molecule has 0 unspecified atom stereocenters. The smallest absolute Gasteiger partial charge is 0.319 e. The lowest BCUT2D eigenvalue weighted by Crippen LogP contribution is -2.28. The number of halogens is 2. The third-order valence-corrected chi connectivity index (χ3v) is 2.56. The van der Waals surface area contributed by atoms with Gasteiger partial charge in [0.1, 0.15) is 6.07 Å². The summed E-state index contributed by atoms with van der Waals surface area (Å²) >= 11 is 0. The highest BCUT2D eigenvalue weighted by Gasteiger charge is 2.28. The lowest BCUT2D eigenvalue weighted by atomic mass is 9.84. The van der Waals surface area contributed by atoms with E-state index in [1.165, 1.54) is 7.05 Å². The molecule has 0 saturated heterocycles. The summed E-state index contributed by atoms with van der Waals surface area (Å²) < 4.78 is 27.5. The van der Waals surface area contributed by atoms with Gasteiger partial charge in [-0.1, -0.05) is 20.8 Å². The van der Waals surface area contributed by atoms with Crippen LogP contribution >= 0.6 is 0 Å². The fraction of sp³-hybridized carbons (Fsp3) is 0.385. The van der Waals surface area contributed by atoms with E-state index in [1.807, 2.05) is 0 Å². The zero-order valence-electron chi connectivity index (χ0n) is 11.2. The van der Waals surface area contributed by atoms with Crippen molar-refractivity contribution in [2.24, 2.45) is 0 Å². The molecule has 0 spiro atoms. The first-order valence-corrected chi connectivity index (χ1v) is 5.63. The largest absolute Gasteiger partial charge is 0.341 e. The van der Waals surface area contributed by atoms with E-state index in [0.717, 1.165) is 6.07 Å². The first-order valence-electron chi connectivity index (χ1n) is 5.63. The van der Waals surface area contributed by atoms with Crippen LogP contribution in [0.1, 0.15) is 31.9 Å². The SMILES string of the molecule is CNC(=O)Nc1c(C#N)cc(F)c(F)c1C(C)(C)C. The molecule has 1 aromatic carbocycles. The fourth-order valence-corrected chi connectivity index (χ4v) is 1.72. The second-order valence-corrected chi connectivity index (χ2v) is 5.04. The molecule has 0 fully saturated rings. The van der Waals surface area contributed by atoms with Gasteiger partial charge in [0.2, 0.25) is 0 Å². The first kappa shape index (κ1) is 14.9. The van der Waals surface area contributed by atoms with Crippen LogP contribution in [0.5, 0.6) is 0 Å². The highest BCUT2D eigenvalue weighted by Crippen LogP contribution is 2.35. The Morgan fingerprint density at radius 2 is 1.95 bits per heavy atom. The monoisotopic (exact) mass is 267 g/mol. The highest BCUT2D eigenvalue weighted by molar-refractivity contribution is 5.92. The number of benzene rings is 1. The topological polar surface area (TPSA) is 64.9 Å². The molecule has 0 radical (unpaired) electrons. The van der Waals surface area contributed by atoms with Crippen LogP contribution in [0.2, 0.25) is 0 Å². The van der Waals surface area contributed by atoms with Crippen LogP contribution in [0, 0.1) is 23.0 Å². The summed E-state index contributed by atoms with van der Waals surface area (Å²) in [4.78, 5) is 11.4. The van der Waals surface area contributed by atoms with Crippen molar-refractivity contribution in [2.45, 2.75) is 26.2 Å². The van der Waals surface area contributed by atoms with Crippen molar-refractivity contribution < 1.29 is 13.6 Å². The minimum absolute atomic E-state index is 0.00625. The van der Waals surface area contributed by atoms with Crippen LogP contribution in [-0.4, -0.2) is 13.1 Å². The molecule has 4 nitrogen and oxygen atoms in total. The van der Waals surface area contributed by atoms with Gasteiger partial charge in [0.25, 0.3) is 0 Å². The molecule has 0 bridgehead atoms. The maximum atomic E-state index is 14.0. The van der Waals surface area contributed by atoms with Crippen LogP contribution < -0.4 is 10.6 Å². The van der Waals surface area contributed by atoms with E-state index in [4.69, 9.17) is 5.26 Å². The maximum Gasteiger partial charge on any atom is 0.319 e. The standard InChI is InChI=1S/C13H15F2N3O/c1-13(2,3)9-10(15)8(14)5-7(6-16)11(9)18-12(19)17-4/h5H,1-4H3,(H2,17,18,19). The number of hydrogen-bond donors (Lipinski definition) is 2. The average molecular weight is 267 g/mol. The van der Waals surface area contributed by atoms with Gasteiger partial charge in [-0.3, -0.25) is 0 Å². The molecule has 0 aliphatic rings. The molecular weight excluding hydrogens is 252 g/mol. The Hall–Kier alpha value is -2.16. The van der Waals surface area contributed by atoms with Crippen LogP contribution in [0.25, 0.3) is 0 Å². The van der Waals surface area contributed by atoms with Gasteiger partial charge in [0.15, 0.2) is 11.6 Å². The molecular formula is C13H15F2N3O. The quantitative estimate of drug-likeness (QED) is 0.821. The van der Waals surface area contributed by atoms with Crippen molar-refractivity contribution in [3.05, 3.63) is 28.8 Å². The minimum atomic E-state index is -1.11. The third kappa shape index (κ3) is 2.99. The molecule has 0 saturated carbocycles. The lowest BCUT2D eigenvalue weighted by Gasteiger charge is -2.24. The average Bonchev–Trinajstić information content (AvgIpc) is 2.31. The normalized spacial score (nSPS) is 10.8. The van der Waals surface area contributed by atoms with Crippen molar-refractivity contribution in [3.8, 4) is 6.07 Å². The van der Waals surface area contributed by atoms with Crippen molar-refractivity contribution >= 4 is 11.7 Å². The van der Waals surface area contributed by atoms with Crippen molar-refractivity contribution in [1.82, 2.24) is 5.32 Å². The van der Waals surface area contributed by atoms with E-state index in [-0.39, 0.29) is 16.8 Å². The van der Waals surface area contributed by atoms with E-state index >= 15 is 0 Å². The number of amides is 2. The Bertz CT molecular complexity index is 556. The zero-order chi connectivity index (χ0) is 14.8. The molecule has 0 atom stereocenters. The number of nitrogens with zero attached hydrogens (tertiary/aromatic N) is 1. The Balaban J connectivity index is 3.61. The van der Waals surface area contributed by atoms with Gasteiger partial charge in [0, 0.05) is 12.6 Å². The number of nitrogens with one attached hydrogen (secondary N) is 2. The van der Waals surface area contributed by atoms with E-state index in [2.05, 4.69) is 10.6 Å². The molecule has 2 N–H and O–H groups in total. The van der Waals surface area contributed by atoms with Crippen LogP contribution in [0.3, 0.4) is 0 Å². The molecule has 0 aliphatic carbocycles. The molecule has 0 aliphatic heterocycles. The zero-order valence-corrected chi connectivity index (χ0v) is 11.2. The summed E-state index contributed by atoms with van der Waals surface area (Å²) in [6.45, 7) is 5.00. The molecule has 102 valence electrons. The number of carbonyl (C=O) groups is 1. The van der Waals surface area contributed by atoms with Crippen LogP contribution in [-0.2, 0) is 5.41 Å². The van der Waals surface area contributed by atoms with E-state index < -0.39 is 23.1 Å². The molecule has 0 heterocycles. The van der Waals surface area contributed by atoms with Gasteiger partial charge in [-0.15, -0.1) is 0 Å². The summed E-state index contributed by atoms with van der Waals surface area (Å²) in [6.07, 6.45) is 0. The van der Waals surface area contributed by atoms with Crippen molar-refractivity contribution in [1.29, 1.82) is 5.26 Å². The third-order valence-electron chi connectivity index (χ3n) is 2.56. The van der Waals surface area contributed by atoms with Crippen LogP contribution in [0.4, 0.5) is 19.3 Å². The van der Waals surface area contributed by atoms with Gasteiger partial charge >= 0.3 is 6.03 Å². The summed E-state index contributed by atoms with van der Waals surface area (Å²) in [7, 11) is 1.39. The number of nitriles is 1. The predicted molar refractivity (Wildman–Crippen MR) is 67.9 cm³/mol. The summed E-state index contributed by atoms with van der Waals surface area (Å²) in [5, 5.41) is 13.7. The van der Waals surface area contributed by atoms with Gasteiger partial charge in [-0.25, -0.2) is 13.6 Å². The molecule has 1 rings (SSSR count). The van der Waals surface area contributed by atoms with Gasteiger partial charge in [-0.05, 0) is 11.5 Å². The number of hydrogen-bond acceptors (Lipinski definition) is 2. The Labute approximate surface area is 110 Å². The number of anilines is 1. The van der Waals surface area contributed by atoms with Gasteiger partial charge in [-0.2, -0.15) is 5.26 Å². The second kappa shape index (κ2) is 5.22. The van der Waals surface area contributed by atoms with Crippen molar-refractivity contribution in [3.63, 3.8) is 0 Å². The fourth-order valence-electron chi connectivity index (χ4n) is 1.72. The van der Waals surface area contributed by atoms with E-state index in [1.54, 1.807) is 26.8 Å². The Morgan fingerprint density at radius 3 is 2.37 bits per heavy atom. The molecule has 2 amide bonds. The summed E-state index contributed by atoms with van der Waals surface area (Å²) in [5.74, 6) is -2.16. The van der Waals surface area contributed by atoms with Gasteiger partial charge < -0.3 is 10.6 Å². The molecule has 1 aromatic rings. The van der Waals surface area contributed by atoms with Crippen LogP contribution in [0.15, 0.2) is 6.07 Å². The highest BCUT2D eigenvalue weighted by atomic mass is 19.2. The number of carbonyl (C=O) groups excluding carboxylic acids is 1. The lowest BCUT2D eigenvalue weighted by molar-refractivity contribution is 0.254. The minimum Gasteiger partial charge on any atom is -0.341 e. The molecule has 19 heavy (non-hydrogen) atoms. The van der Waals surface area contributed by atoms with E-state index in [9.17, 15) is 13.6 Å². The predicted octanol–water partition coefficient (Wildman–Crippen LogP) is 2.89. The number of urea groups is 1. The Kier molecular flexibility index (Phi) is 4.10. The second-order valence-electron chi connectivity index (χ2n) is 5.04. The van der Waals surface area contributed by atoms with E-state index in [0.29, 0.717) is 0 Å². The molecule has 6 heteroatoms. The van der Waals surface area contributed by atoms with Crippen molar-refractivity contribution in [2.75, 3.05) is 12.4 Å². The first-order chi connectivity index (χ1) is 8.72. The summed E-state index contributed by atoms with van der Waals surface area (Å²) in [6, 6.07) is 1.93. The summed E-state index contributed by atoms with van der Waals surface area (Å²) in [5.41, 5.74) is -0.929. The number of rotatable bonds is 1. The Morgan fingerprint density at radius 1 is 1.37 bits per heavy atom. The molecule has 0 aromatic heterocycles. The van der Waals surface area contributed by atoms with Gasteiger partial charge in [0.05, 0.1) is 11.3 Å².